The van der Waals surface area contributed by atoms with E-state index in [-0.39, 0.29) is 11.4 Å². The summed E-state index contributed by atoms with van der Waals surface area (Å²) in [6.45, 7) is 3.37. The van der Waals surface area contributed by atoms with Crippen molar-refractivity contribution < 1.29 is 9.53 Å². The molecule has 1 heterocycles. The van der Waals surface area contributed by atoms with Crippen LogP contribution in [0.3, 0.4) is 0 Å². The van der Waals surface area contributed by atoms with E-state index in [4.69, 9.17) is 4.74 Å². The van der Waals surface area contributed by atoms with E-state index in [2.05, 4.69) is 5.32 Å². The first-order chi connectivity index (χ1) is 7.29. The van der Waals surface area contributed by atoms with Crippen molar-refractivity contribution in [3.63, 3.8) is 0 Å². The predicted molar refractivity (Wildman–Crippen MR) is 58.6 cm³/mol. The number of nitrogens with one attached hydrogen (secondary N) is 1. The average molecular weight is 211 g/mol. The molecule has 0 bridgehead atoms. The van der Waals surface area contributed by atoms with Gasteiger partial charge in [0.05, 0.1) is 12.0 Å². The third-order valence-electron chi connectivity index (χ3n) is 3.93. The molecule has 0 unspecified atom stereocenters. The minimum atomic E-state index is -0.188. The molecule has 0 spiro atoms. The summed E-state index contributed by atoms with van der Waals surface area (Å²) in [5.74, 6) is 0.0434. The lowest BCUT2D eigenvalue weighted by Crippen LogP contribution is -2.43. The Kier molecular flexibility index (Phi) is 3.29. The second-order valence-electron chi connectivity index (χ2n) is 4.73. The van der Waals surface area contributed by atoms with E-state index in [9.17, 15) is 4.79 Å². The second-order valence-corrected chi connectivity index (χ2v) is 4.73. The minimum absolute atomic E-state index is 0.0434. The molecule has 1 saturated heterocycles. The normalized spacial score (nSPS) is 35.7. The molecule has 0 aromatic carbocycles. The molecule has 2 fully saturated rings. The number of rotatable bonds is 2. The van der Waals surface area contributed by atoms with E-state index >= 15 is 0 Å². The first-order valence-electron chi connectivity index (χ1n) is 6.20. The first kappa shape index (κ1) is 10.9. The third kappa shape index (κ3) is 1.89. The maximum absolute atomic E-state index is 12.1. The van der Waals surface area contributed by atoms with Gasteiger partial charge in [0.25, 0.3) is 0 Å². The van der Waals surface area contributed by atoms with Gasteiger partial charge in [-0.15, -0.1) is 0 Å². The quantitative estimate of drug-likeness (QED) is 0.709. The monoisotopic (exact) mass is 211 g/mol. The molecular weight excluding hydrogens is 190 g/mol. The molecule has 2 rings (SSSR count). The molecule has 0 aromatic rings. The van der Waals surface area contributed by atoms with Gasteiger partial charge in [0, 0.05) is 6.04 Å². The Labute approximate surface area is 91.6 Å². The molecule has 1 aliphatic carbocycles. The maximum atomic E-state index is 12.1. The van der Waals surface area contributed by atoms with Crippen LogP contribution in [-0.2, 0) is 9.53 Å². The molecule has 3 heteroatoms. The summed E-state index contributed by atoms with van der Waals surface area (Å²) in [6.07, 6.45) is 6.81. The minimum Gasteiger partial charge on any atom is -0.466 e. The SMILES string of the molecule is CCOC(=O)[C@@]12CCCCC[C@@H]1NCC2. The molecule has 86 valence electrons. The largest absolute Gasteiger partial charge is 0.466 e. The Morgan fingerprint density at radius 1 is 1.40 bits per heavy atom. The Balaban J connectivity index is 2.15. The standard InChI is InChI=1S/C12H21NO2/c1-2-15-11(14)12-7-5-3-4-6-10(12)13-9-8-12/h10,13H,2-9H2,1H3/t10-,12+/m0/s1. The molecule has 1 N–H and O–H groups in total. The van der Waals surface area contributed by atoms with Crippen LogP contribution in [0, 0.1) is 5.41 Å². The van der Waals surface area contributed by atoms with Crippen LogP contribution >= 0.6 is 0 Å². The van der Waals surface area contributed by atoms with E-state index in [0.717, 1.165) is 25.8 Å². The van der Waals surface area contributed by atoms with Gasteiger partial charge in [0.15, 0.2) is 0 Å². The Morgan fingerprint density at radius 3 is 3.07 bits per heavy atom. The van der Waals surface area contributed by atoms with Crippen molar-refractivity contribution in [3.8, 4) is 0 Å². The van der Waals surface area contributed by atoms with Crippen molar-refractivity contribution in [3.05, 3.63) is 0 Å². The molecule has 2 aliphatic rings. The van der Waals surface area contributed by atoms with Gasteiger partial charge in [-0.3, -0.25) is 4.79 Å². The first-order valence-corrected chi connectivity index (χ1v) is 6.20. The van der Waals surface area contributed by atoms with Gasteiger partial charge < -0.3 is 10.1 Å². The van der Waals surface area contributed by atoms with Crippen LogP contribution in [0.4, 0.5) is 0 Å². The van der Waals surface area contributed by atoms with Gasteiger partial charge in [-0.05, 0) is 32.7 Å². The van der Waals surface area contributed by atoms with E-state index in [1.165, 1.54) is 19.3 Å². The second kappa shape index (κ2) is 4.52. The highest BCUT2D eigenvalue weighted by Gasteiger charge is 2.49. The summed E-state index contributed by atoms with van der Waals surface area (Å²) in [4.78, 5) is 12.1. The van der Waals surface area contributed by atoms with Gasteiger partial charge in [0.1, 0.15) is 0 Å². The van der Waals surface area contributed by atoms with E-state index in [1.54, 1.807) is 0 Å². The molecule has 0 amide bonds. The fraction of sp³-hybridized carbons (Fsp3) is 0.917. The van der Waals surface area contributed by atoms with Crippen molar-refractivity contribution >= 4 is 5.97 Å². The summed E-state index contributed by atoms with van der Waals surface area (Å²) < 4.78 is 5.26. The summed E-state index contributed by atoms with van der Waals surface area (Å²) in [6, 6.07) is 0.374. The number of carbonyl (C=O) groups is 1. The van der Waals surface area contributed by atoms with Gasteiger partial charge >= 0.3 is 5.97 Å². The highest BCUT2D eigenvalue weighted by molar-refractivity contribution is 5.78. The molecular formula is C12H21NO2. The van der Waals surface area contributed by atoms with Crippen molar-refractivity contribution in [2.45, 2.75) is 51.5 Å². The van der Waals surface area contributed by atoms with E-state index in [1.807, 2.05) is 6.92 Å². The van der Waals surface area contributed by atoms with Crippen LogP contribution in [0.1, 0.15) is 45.4 Å². The summed E-state index contributed by atoms with van der Waals surface area (Å²) in [7, 11) is 0. The van der Waals surface area contributed by atoms with Crippen LogP contribution in [0.25, 0.3) is 0 Å². The van der Waals surface area contributed by atoms with Crippen molar-refractivity contribution in [2.24, 2.45) is 5.41 Å². The van der Waals surface area contributed by atoms with Crippen molar-refractivity contribution in [1.82, 2.24) is 5.32 Å². The summed E-state index contributed by atoms with van der Waals surface area (Å²) in [5.41, 5.74) is -0.188. The van der Waals surface area contributed by atoms with E-state index < -0.39 is 0 Å². The van der Waals surface area contributed by atoms with Gasteiger partial charge in [0.2, 0.25) is 0 Å². The lowest BCUT2D eigenvalue weighted by molar-refractivity contribution is -0.156. The van der Waals surface area contributed by atoms with Crippen LogP contribution in [-0.4, -0.2) is 25.2 Å². The highest BCUT2D eigenvalue weighted by atomic mass is 16.5. The predicted octanol–water partition coefficient (Wildman–Crippen LogP) is 1.86. The van der Waals surface area contributed by atoms with Crippen LogP contribution in [0.2, 0.25) is 0 Å². The van der Waals surface area contributed by atoms with Crippen LogP contribution < -0.4 is 5.32 Å². The number of ether oxygens (including phenoxy) is 1. The average Bonchev–Trinajstić information content (AvgIpc) is 2.53. The Hall–Kier alpha value is -0.570. The van der Waals surface area contributed by atoms with Gasteiger partial charge in [-0.2, -0.15) is 0 Å². The number of fused-ring (bicyclic) bond motifs is 1. The number of hydrogen-bond donors (Lipinski definition) is 1. The summed E-state index contributed by atoms with van der Waals surface area (Å²) >= 11 is 0. The molecule has 3 nitrogen and oxygen atoms in total. The lowest BCUT2D eigenvalue weighted by Gasteiger charge is -2.30. The molecule has 1 aliphatic heterocycles. The zero-order valence-electron chi connectivity index (χ0n) is 9.55. The van der Waals surface area contributed by atoms with Gasteiger partial charge in [-0.25, -0.2) is 0 Å². The Bertz CT molecular complexity index is 242. The van der Waals surface area contributed by atoms with E-state index in [0.29, 0.717) is 12.6 Å². The zero-order valence-corrected chi connectivity index (χ0v) is 9.55. The zero-order chi connectivity index (χ0) is 10.7. The molecule has 0 aromatic heterocycles. The fourth-order valence-electron chi connectivity index (χ4n) is 3.10. The number of carbonyl (C=O) groups excluding carboxylic acids is 1. The van der Waals surface area contributed by atoms with Crippen molar-refractivity contribution in [1.29, 1.82) is 0 Å². The smallest absolute Gasteiger partial charge is 0.313 e. The maximum Gasteiger partial charge on any atom is 0.313 e. The number of hydrogen-bond acceptors (Lipinski definition) is 3. The molecule has 2 atom stereocenters. The molecule has 15 heavy (non-hydrogen) atoms. The molecule has 1 saturated carbocycles. The third-order valence-corrected chi connectivity index (χ3v) is 3.93. The topological polar surface area (TPSA) is 38.3 Å². The van der Waals surface area contributed by atoms with Crippen molar-refractivity contribution in [2.75, 3.05) is 13.2 Å². The van der Waals surface area contributed by atoms with Gasteiger partial charge in [-0.1, -0.05) is 19.3 Å². The fourth-order valence-corrected chi connectivity index (χ4v) is 3.10. The van der Waals surface area contributed by atoms with Crippen LogP contribution in [0.5, 0.6) is 0 Å². The Morgan fingerprint density at radius 2 is 2.27 bits per heavy atom. The summed E-state index contributed by atoms with van der Waals surface area (Å²) in [5, 5.41) is 3.48. The number of esters is 1. The van der Waals surface area contributed by atoms with Crippen LogP contribution in [0.15, 0.2) is 0 Å². The lowest BCUT2D eigenvalue weighted by atomic mass is 9.76. The molecule has 0 radical (unpaired) electrons. The highest BCUT2D eigenvalue weighted by Crippen LogP contribution is 2.42.